The fraction of sp³-hybridized carbons (Fsp3) is 0.500. The summed E-state index contributed by atoms with van der Waals surface area (Å²) in [6.07, 6.45) is 2.12. The van der Waals surface area contributed by atoms with Crippen LogP contribution in [0.3, 0.4) is 0 Å². The van der Waals surface area contributed by atoms with Gasteiger partial charge in [0.15, 0.2) is 0 Å². The zero-order valence-electron chi connectivity index (χ0n) is 9.62. The van der Waals surface area contributed by atoms with Crippen molar-refractivity contribution in [1.82, 2.24) is 5.32 Å². The Balaban J connectivity index is 2.52. The van der Waals surface area contributed by atoms with Crippen LogP contribution in [0, 0.1) is 0 Å². The first-order chi connectivity index (χ1) is 7.27. The van der Waals surface area contributed by atoms with Crippen molar-refractivity contribution in [1.29, 1.82) is 0 Å². The molecule has 1 rings (SSSR count). The first-order valence-corrected chi connectivity index (χ1v) is 6.53. The Hall–Kier alpha value is -0.670. The third-order valence-electron chi connectivity index (χ3n) is 2.35. The van der Waals surface area contributed by atoms with Crippen molar-refractivity contribution in [3.05, 3.63) is 29.8 Å². The van der Waals surface area contributed by atoms with Gasteiger partial charge in [-0.3, -0.25) is 0 Å². The van der Waals surface area contributed by atoms with Crippen LogP contribution in [0.5, 0.6) is 5.75 Å². The molecule has 0 fully saturated rings. The zero-order valence-corrected chi connectivity index (χ0v) is 10.4. The highest BCUT2D eigenvalue weighted by atomic mass is 32.2. The second kappa shape index (κ2) is 6.75. The summed E-state index contributed by atoms with van der Waals surface area (Å²) in [5, 5.41) is 3.47. The van der Waals surface area contributed by atoms with E-state index in [1.165, 1.54) is 5.56 Å². The molecular formula is C12H19NOS. The van der Waals surface area contributed by atoms with Crippen LogP contribution in [0.1, 0.15) is 18.5 Å². The lowest BCUT2D eigenvalue weighted by atomic mass is 10.1. The quantitative estimate of drug-likeness (QED) is 0.752. The number of methoxy groups -OCH3 is 1. The van der Waals surface area contributed by atoms with Crippen LogP contribution in [0.4, 0.5) is 0 Å². The van der Waals surface area contributed by atoms with E-state index < -0.39 is 0 Å². The van der Waals surface area contributed by atoms with Crippen molar-refractivity contribution in [3.63, 3.8) is 0 Å². The van der Waals surface area contributed by atoms with E-state index in [2.05, 4.69) is 30.6 Å². The van der Waals surface area contributed by atoms with Gasteiger partial charge < -0.3 is 10.1 Å². The topological polar surface area (TPSA) is 21.3 Å². The second-order valence-electron chi connectivity index (χ2n) is 3.45. The van der Waals surface area contributed by atoms with Crippen molar-refractivity contribution in [2.24, 2.45) is 0 Å². The van der Waals surface area contributed by atoms with Gasteiger partial charge in [0.25, 0.3) is 0 Å². The average Bonchev–Trinajstić information content (AvgIpc) is 2.29. The molecule has 0 heterocycles. The van der Waals surface area contributed by atoms with Crippen molar-refractivity contribution < 1.29 is 4.74 Å². The molecular weight excluding hydrogens is 206 g/mol. The van der Waals surface area contributed by atoms with Gasteiger partial charge >= 0.3 is 0 Å². The minimum atomic E-state index is 0.382. The van der Waals surface area contributed by atoms with E-state index in [4.69, 9.17) is 4.74 Å². The predicted molar refractivity (Wildman–Crippen MR) is 67.8 cm³/mol. The summed E-state index contributed by atoms with van der Waals surface area (Å²) in [6.45, 7) is 3.22. The van der Waals surface area contributed by atoms with Gasteiger partial charge in [0.05, 0.1) is 7.11 Å². The number of rotatable bonds is 6. The van der Waals surface area contributed by atoms with Gasteiger partial charge in [-0.2, -0.15) is 11.8 Å². The summed E-state index contributed by atoms with van der Waals surface area (Å²) < 4.78 is 5.20. The summed E-state index contributed by atoms with van der Waals surface area (Å²) in [7, 11) is 1.70. The molecule has 0 amide bonds. The van der Waals surface area contributed by atoms with Gasteiger partial charge in [-0.25, -0.2) is 0 Å². The van der Waals surface area contributed by atoms with E-state index in [-0.39, 0.29) is 0 Å². The summed E-state index contributed by atoms with van der Waals surface area (Å²) in [6, 6.07) is 8.59. The fourth-order valence-corrected chi connectivity index (χ4v) is 1.73. The van der Waals surface area contributed by atoms with E-state index >= 15 is 0 Å². The molecule has 1 aromatic rings. The number of ether oxygens (including phenoxy) is 1. The summed E-state index contributed by atoms with van der Waals surface area (Å²) >= 11 is 1.86. The number of hydrogen-bond acceptors (Lipinski definition) is 3. The smallest absolute Gasteiger partial charge is 0.119 e. The average molecular weight is 225 g/mol. The van der Waals surface area contributed by atoms with E-state index in [0.29, 0.717) is 6.04 Å². The Morgan fingerprint density at radius 1 is 1.47 bits per heavy atom. The lowest BCUT2D eigenvalue weighted by Crippen LogP contribution is -2.21. The Kier molecular flexibility index (Phi) is 5.58. The molecule has 0 aliphatic carbocycles. The van der Waals surface area contributed by atoms with E-state index in [1.54, 1.807) is 7.11 Å². The Labute approximate surface area is 96.4 Å². The molecule has 0 saturated carbocycles. The van der Waals surface area contributed by atoms with Gasteiger partial charge in [0.1, 0.15) is 5.75 Å². The van der Waals surface area contributed by atoms with Gasteiger partial charge in [-0.05, 0) is 30.9 Å². The van der Waals surface area contributed by atoms with E-state index in [9.17, 15) is 0 Å². The largest absolute Gasteiger partial charge is 0.497 e. The molecule has 15 heavy (non-hydrogen) atoms. The number of benzene rings is 1. The normalized spacial score (nSPS) is 12.5. The fourth-order valence-electron chi connectivity index (χ4n) is 1.41. The third kappa shape index (κ3) is 4.14. The lowest BCUT2D eigenvalue weighted by molar-refractivity contribution is 0.413. The van der Waals surface area contributed by atoms with Crippen molar-refractivity contribution in [3.8, 4) is 5.75 Å². The maximum absolute atomic E-state index is 5.20. The van der Waals surface area contributed by atoms with Gasteiger partial charge in [0.2, 0.25) is 0 Å². The molecule has 0 unspecified atom stereocenters. The molecule has 3 heteroatoms. The summed E-state index contributed by atoms with van der Waals surface area (Å²) in [5.74, 6) is 2.07. The zero-order chi connectivity index (χ0) is 11.1. The van der Waals surface area contributed by atoms with E-state index in [1.807, 2.05) is 23.9 Å². The second-order valence-corrected chi connectivity index (χ2v) is 4.43. The van der Waals surface area contributed by atoms with E-state index in [0.717, 1.165) is 18.0 Å². The highest BCUT2D eigenvalue weighted by Crippen LogP contribution is 2.18. The van der Waals surface area contributed by atoms with Gasteiger partial charge in [-0.15, -0.1) is 0 Å². The van der Waals surface area contributed by atoms with Crippen molar-refractivity contribution in [2.75, 3.05) is 25.7 Å². The van der Waals surface area contributed by atoms with Crippen LogP contribution in [0.25, 0.3) is 0 Å². The van der Waals surface area contributed by atoms with Crippen LogP contribution in [0.15, 0.2) is 24.3 Å². The molecule has 0 aromatic heterocycles. The Morgan fingerprint density at radius 3 is 2.93 bits per heavy atom. The van der Waals surface area contributed by atoms with Crippen LogP contribution in [-0.2, 0) is 0 Å². The number of hydrogen-bond donors (Lipinski definition) is 1. The first kappa shape index (κ1) is 12.4. The Morgan fingerprint density at radius 2 is 2.27 bits per heavy atom. The molecule has 1 aromatic carbocycles. The minimum Gasteiger partial charge on any atom is -0.497 e. The standard InChI is InChI=1S/C12H19NOS/c1-10(13-7-8-15-3)11-5-4-6-12(9-11)14-2/h4-6,9-10,13H,7-8H2,1-3H3/t10-/m0/s1. The summed E-state index contributed by atoms with van der Waals surface area (Å²) in [4.78, 5) is 0. The number of nitrogens with one attached hydrogen (secondary N) is 1. The molecule has 1 N–H and O–H groups in total. The number of thioether (sulfide) groups is 1. The van der Waals surface area contributed by atoms with Crippen molar-refractivity contribution >= 4 is 11.8 Å². The summed E-state index contributed by atoms with van der Waals surface area (Å²) in [5.41, 5.74) is 1.27. The molecule has 0 saturated heterocycles. The first-order valence-electron chi connectivity index (χ1n) is 5.14. The SMILES string of the molecule is COc1cccc([C@H](C)NCCSC)c1. The third-order valence-corrected chi connectivity index (χ3v) is 2.96. The maximum atomic E-state index is 5.20. The van der Waals surface area contributed by atoms with Crippen LogP contribution < -0.4 is 10.1 Å². The van der Waals surface area contributed by atoms with Gasteiger partial charge in [-0.1, -0.05) is 12.1 Å². The minimum absolute atomic E-state index is 0.382. The molecule has 1 atom stereocenters. The van der Waals surface area contributed by atoms with Crippen LogP contribution in [-0.4, -0.2) is 25.7 Å². The monoisotopic (exact) mass is 225 g/mol. The van der Waals surface area contributed by atoms with Crippen LogP contribution >= 0.6 is 11.8 Å². The molecule has 0 aliphatic heterocycles. The molecule has 0 spiro atoms. The predicted octanol–water partition coefficient (Wildman–Crippen LogP) is 2.71. The lowest BCUT2D eigenvalue weighted by Gasteiger charge is -2.14. The molecule has 0 aliphatic rings. The highest BCUT2D eigenvalue weighted by molar-refractivity contribution is 7.98. The van der Waals surface area contributed by atoms with Crippen LogP contribution in [0.2, 0.25) is 0 Å². The molecule has 84 valence electrons. The maximum Gasteiger partial charge on any atom is 0.119 e. The molecule has 2 nitrogen and oxygen atoms in total. The highest BCUT2D eigenvalue weighted by Gasteiger charge is 2.04. The molecule has 0 bridgehead atoms. The van der Waals surface area contributed by atoms with Crippen molar-refractivity contribution in [2.45, 2.75) is 13.0 Å². The Bertz CT molecular complexity index is 291. The van der Waals surface area contributed by atoms with Gasteiger partial charge in [0, 0.05) is 18.3 Å². The molecule has 0 radical (unpaired) electrons.